The Morgan fingerprint density at radius 1 is 1.44 bits per heavy atom. The van der Waals surface area contributed by atoms with Crippen LogP contribution in [-0.2, 0) is 0 Å². The molecule has 2 rings (SSSR count). The molecule has 2 atom stereocenters. The summed E-state index contributed by atoms with van der Waals surface area (Å²) in [6.45, 7) is 2.35. The molecule has 0 aliphatic carbocycles. The van der Waals surface area contributed by atoms with Crippen LogP contribution in [0.5, 0.6) is 0 Å². The van der Waals surface area contributed by atoms with Crippen molar-refractivity contribution in [3.05, 3.63) is 34.9 Å². The highest BCUT2D eigenvalue weighted by molar-refractivity contribution is 5.29. The van der Waals surface area contributed by atoms with Gasteiger partial charge in [-0.1, -0.05) is 6.07 Å². The van der Waals surface area contributed by atoms with Gasteiger partial charge in [-0.15, -0.1) is 0 Å². The summed E-state index contributed by atoms with van der Waals surface area (Å²) in [7, 11) is 0. The fourth-order valence-corrected chi connectivity index (χ4v) is 2.13. The largest absolute Gasteiger partial charge is 0.387 e. The van der Waals surface area contributed by atoms with Crippen LogP contribution in [0.4, 0.5) is 8.78 Å². The Kier molecular flexibility index (Phi) is 3.21. The van der Waals surface area contributed by atoms with Crippen molar-refractivity contribution in [1.29, 1.82) is 0 Å². The minimum atomic E-state index is -1.11. The van der Waals surface area contributed by atoms with E-state index in [1.54, 1.807) is 6.92 Å². The van der Waals surface area contributed by atoms with Crippen LogP contribution in [-0.4, -0.2) is 17.7 Å². The van der Waals surface area contributed by atoms with Crippen LogP contribution in [0, 0.1) is 18.6 Å². The third-order valence-corrected chi connectivity index (χ3v) is 3.09. The van der Waals surface area contributed by atoms with Crippen molar-refractivity contribution >= 4 is 0 Å². The molecule has 0 radical (unpaired) electrons. The van der Waals surface area contributed by atoms with Crippen molar-refractivity contribution in [3.8, 4) is 0 Å². The Hall–Kier alpha value is -1.00. The Balaban J connectivity index is 2.34. The summed E-state index contributed by atoms with van der Waals surface area (Å²) in [5.41, 5.74) is 0.146. The van der Waals surface area contributed by atoms with Gasteiger partial charge >= 0.3 is 0 Å². The van der Waals surface area contributed by atoms with Gasteiger partial charge in [-0.2, -0.15) is 0 Å². The number of hydrogen-bond donors (Lipinski definition) is 2. The SMILES string of the molecule is Cc1ccc(F)c(C(O)C2CCCN2)c1F. The van der Waals surface area contributed by atoms with Crippen molar-refractivity contribution in [3.63, 3.8) is 0 Å². The van der Waals surface area contributed by atoms with E-state index in [0.717, 1.165) is 19.4 Å². The van der Waals surface area contributed by atoms with Crippen molar-refractivity contribution < 1.29 is 13.9 Å². The van der Waals surface area contributed by atoms with Gasteiger partial charge in [0.1, 0.15) is 11.6 Å². The first-order chi connectivity index (χ1) is 7.61. The highest BCUT2D eigenvalue weighted by Crippen LogP contribution is 2.28. The van der Waals surface area contributed by atoms with Crippen LogP contribution in [0.2, 0.25) is 0 Å². The van der Waals surface area contributed by atoms with Gasteiger partial charge < -0.3 is 10.4 Å². The molecule has 4 heteroatoms. The molecule has 16 heavy (non-hydrogen) atoms. The fraction of sp³-hybridized carbons (Fsp3) is 0.500. The molecule has 1 aromatic carbocycles. The molecule has 1 aliphatic heterocycles. The van der Waals surface area contributed by atoms with Crippen molar-refractivity contribution in [2.75, 3.05) is 6.54 Å². The van der Waals surface area contributed by atoms with E-state index in [1.807, 2.05) is 0 Å². The summed E-state index contributed by atoms with van der Waals surface area (Å²) in [5, 5.41) is 13.0. The second-order valence-electron chi connectivity index (χ2n) is 4.24. The first-order valence-corrected chi connectivity index (χ1v) is 5.47. The van der Waals surface area contributed by atoms with Gasteiger partial charge in [-0.3, -0.25) is 0 Å². The zero-order chi connectivity index (χ0) is 11.7. The predicted octanol–water partition coefficient (Wildman–Crippen LogP) is 2.06. The second-order valence-corrected chi connectivity index (χ2v) is 4.24. The molecule has 2 N–H and O–H groups in total. The average Bonchev–Trinajstić information content (AvgIpc) is 2.77. The first-order valence-electron chi connectivity index (χ1n) is 5.47. The normalized spacial score (nSPS) is 22.4. The lowest BCUT2D eigenvalue weighted by molar-refractivity contribution is 0.129. The quantitative estimate of drug-likeness (QED) is 0.810. The Morgan fingerprint density at radius 2 is 2.19 bits per heavy atom. The Labute approximate surface area is 93.3 Å². The summed E-state index contributed by atoms with van der Waals surface area (Å²) < 4.78 is 27.2. The molecule has 1 aliphatic rings. The van der Waals surface area contributed by atoms with Crippen LogP contribution >= 0.6 is 0 Å². The lowest BCUT2D eigenvalue weighted by Crippen LogP contribution is -2.30. The molecule has 88 valence electrons. The number of halogens is 2. The van der Waals surface area contributed by atoms with Gasteiger partial charge in [0.2, 0.25) is 0 Å². The third-order valence-electron chi connectivity index (χ3n) is 3.09. The van der Waals surface area contributed by atoms with Gasteiger partial charge in [0.05, 0.1) is 11.7 Å². The van der Waals surface area contributed by atoms with Gasteiger partial charge in [0, 0.05) is 6.04 Å². The van der Waals surface area contributed by atoms with Crippen LogP contribution in [0.1, 0.15) is 30.1 Å². The zero-order valence-electron chi connectivity index (χ0n) is 9.13. The number of rotatable bonds is 2. The Morgan fingerprint density at radius 3 is 2.81 bits per heavy atom. The summed E-state index contributed by atoms with van der Waals surface area (Å²) >= 11 is 0. The van der Waals surface area contributed by atoms with E-state index in [9.17, 15) is 13.9 Å². The molecular formula is C12H15F2NO. The maximum absolute atomic E-state index is 13.7. The molecule has 2 nitrogen and oxygen atoms in total. The number of hydrogen-bond acceptors (Lipinski definition) is 2. The lowest BCUT2D eigenvalue weighted by Gasteiger charge is -2.20. The highest BCUT2D eigenvalue weighted by atomic mass is 19.1. The van der Waals surface area contributed by atoms with E-state index in [2.05, 4.69) is 5.32 Å². The number of aliphatic hydroxyl groups excluding tert-OH is 1. The summed E-state index contributed by atoms with van der Waals surface area (Å²) in [4.78, 5) is 0. The van der Waals surface area contributed by atoms with E-state index in [-0.39, 0.29) is 11.6 Å². The van der Waals surface area contributed by atoms with Crippen LogP contribution < -0.4 is 5.32 Å². The minimum Gasteiger partial charge on any atom is -0.387 e. The molecule has 1 aromatic rings. The van der Waals surface area contributed by atoms with Gasteiger partial charge in [0.15, 0.2) is 0 Å². The highest BCUT2D eigenvalue weighted by Gasteiger charge is 2.29. The van der Waals surface area contributed by atoms with E-state index < -0.39 is 17.7 Å². The molecule has 0 bridgehead atoms. The van der Waals surface area contributed by atoms with E-state index in [0.29, 0.717) is 5.56 Å². The lowest BCUT2D eigenvalue weighted by atomic mass is 9.98. The van der Waals surface area contributed by atoms with Gasteiger partial charge in [0.25, 0.3) is 0 Å². The predicted molar refractivity (Wildman–Crippen MR) is 57.1 cm³/mol. The number of nitrogens with one attached hydrogen (secondary N) is 1. The topological polar surface area (TPSA) is 32.3 Å². The monoisotopic (exact) mass is 227 g/mol. The van der Waals surface area contributed by atoms with Crippen LogP contribution in [0.25, 0.3) is 0 Å². The van der Waals surface area contributed by atoms with Crippen LogP contribution in [0.3, 0.4) is 0 Å². The standard InChI is InChI=1S/C12H15F2NO/c1-7-4-5-8(13)10(11(7)14)12(16)9-3-2-6-15-9/h4-5,9,12,15-16H,2-3,6H2,1H3. The van der Waals surface area contributed by atoms with Gasteiger partial charge in [-0.25, -0.2) is 8.78 Å². The molecule has 0 amide bonds. The maximum Gasteiger partial charge on any atom is 0.134 e. The molecule has 1 saturated heterocycles. The van der Waals surface area contributed by atoms with E-state index in [4.69, 9.17) is 0 Å². The summed E-state index contributed by atoms with van der Waals surface area (Å²) in [6, 6.07) is 2.33. The van der Waals surface area contributed by atoms with Crippen LogP contribution in [0.15, 0.2) is 12.1 Å². The average molecular weight is 227 g/mol. The molecule has 0 aromatic heterocycles. The smallest absolute Gasteiger partial charge is 0.134 e. The molecular weight excluding hydrogens is 212 g/mol. The Bertz CT molecular complexity index is 389. The second kappa shape index (κ2) is 4.47. The molecule has 2 unspecified atom stereocenters. The first kappa shape index (κ1) is 11.5. The zero-order valence-corrected chi connectivity index (χ0v) is 9.13. The minimum absolute atomic E-state index is 0.209. The third kappa shape index (κ3) is 1.95. The molecule has 1 fully saturated rings. The van der Waals surface area contributed by atoms with E-state index in [1.165, 1.54) is 12.1 Å². The van der Waals surface area contributed by atoms with Crippen molar-refractivity contribution in [2.24, 2.45) is 0 Å². The molecule has 0 spiro atoms. The summed E-state index contributed by atoms with van der Waals surface area (Å²) in [6.07, 6.45) is 0.563. The maximum atomic E-state index is 13.7. The van der Waals surface area contributed by atoms with Crippen molar-refractivity contribution in [1.82, 2.24) is 5.32 Å². The molecule has 1 heterocycles. The fourth-order valence-electron chi connectivity index (χ4n) is 2.13. The summed E-state index contributed by atoms with van der Waals surface area (Å²) in [5.74, 6) is -1.31. The number of benzene rings is 1. The van der Waals surface area contributed by atoms with Crippen molar-refractivity contribution in [2.45, 2.75) is 31.9 Å². The van der Waals surface area contributed by atoms with E-state index >= 15 is 0 Å². The number of aliphatic hydroxyl groups is 1. The van der Waals surface area contributed by atoms with Gasteiger partial charge in [-0.05, 0) is 37.9 Å². The number of aryl methyl sites for hydroxylation is 1. The molecule has 0 saturated carbocycles.